The van der Waals surface area contributed by atoms with Crippen molar-refractivity contribution in [2.45, 2.75) is 13.8 Å². The molecule has 0 spiro atoms. The Balaban J connectivity index is 2.51. The van der Waals surface area contributed by atoms with Crippen LogP contribution in [0.15, 0.2) is 18.2 Å². The first-order valence-corrected chi connectivity index (χ1v) is 7.32. The summed E-state index contributed by atoms with van der Waals surface area (Å²) in [6.07, 6.45) is 0. The molecule has 0 atom stereocenters. The van der Waals surface area contributed by atoms with Gasteiger partial charge in [0.05, 0.1) is 5.02 Å². The van der Waals surface area contributed by atoms with Crippen molar-refractivity contribution in [2.24, 2.45) is 0 Å². The van der Waals surface area contributed by atoms with Crippen LogP contribution >= 0.6 is 34.5 Å². The van der Waals surface area contributed by atoms with E-state index >= 15 is 0 Å². The molecule has 0 saturated carbocycles. The van der Waals surface area contributed by atoms with Gasteiger partial charge in [-0.15, -0.1) is 11.3 Å². The molecule has 0 saturated heterocycles. The summed E-state index contributed by atoms with van der Waals surface area (Å²) in [7, 11) is 0. The molecule has 1 heterocycles. The lowest BCUT2D eigenvalue weighted by Crippen LogP contribution is -2.29. The lowest BCUT2D eigenvalue weighted by molar-refractivity contribution is 0.0778. The predicted molar refractivity (Wildman–Crippen MR) is 79.1 cm³/mol. The van der Waals surface area contributed by atoms with Crippen LogP contribution in [-0.4, -0.2) is 23.9 Å². The van der Waals surface area contributed by atoms with Crippen molar-refractivity contribution >= 4 is 50.5 Å². The van der Waals surface area contributed by atoms with E-state index in [4.69, 9.17) is 23.2 Å². The molecule has 0 N–H and O–H groups in total. The molecule has 2 rings (SSSR count). The Morgan fingerprint density at radius 3 is 2.56 bits per heavy atom. The van der Waals surface area contributed by atoms with Crippen molar-refractivity contribution in [3.05, 3.63) is 33.1 Å². The second kappa shape index (κ2) is 5.47. The minimum atomic E-state index is -0.0117. The highest BCUT2D eigenvalue weighted by molar-refractivity contribution is 7.21. The molecular weight excluding hydrogens is 289 g/mol. The van der Waals surface area contributed by atoms with Gasteiger partial charge >= 0.3 is 0 Å². The number of halogens is 2. The fraction of sp³-hybridized carbons (Fsp3) is 0.308. The molecule has 0 aliphatic carbocycles. The number of amides is 1. The van der Waals surface area contributed by atoms with E-state index in [0.717, 1.165) is 10.1 Å². The van der Waals surface area contributed by atoms with Crippen LogP contribution in [0.5, 0.6) is 0 Å². The second-order valence-corrected chi connectivity index (χ2v) is 5.73. The first-order chi connectivity index (χ1) is 8.58. The summed E-state index contributed by atoms with van der Waals surface area (Å²) in [5.41, 5.74) is 0. The number of carbonyl (C=O) groups is 1. The SMILES string of the molecule is CCN(CC)C(=O)c1sc2cc(Cl)ccc2c1Cl. The van der Waals surface area contributed by atoms with Gasteiger partial charge in [-0.3, -0.25) is 4.79 Å². The third-order valence-electron chi connectivity index (χ3n) is 2.84. The Hall–Kier alpha value is -0.770. The standard InChI is InChI=1S/C13H13Cl2NOS/c1-3-16(4-2)13(17)12-11(15)9-6-5-8(14)7-10(9)18-12/h5-7H,3-4H2,1-2H3. The summed E-state index contributed by atoms with van der Waals surface area (Å²) >= 11 is 13.6. The maximum Gasteiger partial charge on any atom is 0.265 e. The van der Waals surface area contributed by atoms with Crippen LogP contribution in [0.4, 0.5) is 0 Å². The summed E-state index contributed by atoms with van der Waals surface area (Å²) < 4.78 is 0.947. The van der Waals surface area contributed by atoms with Crippen molar-refractivity contribution in [2.75, 3.05) is 13.1 Å². The molecule has 1 aromatic carbocycles. The normalized spacial score (nSPS) is 10.9. The quantitative estimate of drug-likeness (QED) is 0.805. The molecule has 1 amide bonds. The molecule has 2 nitrogen and oxygen atoms in total. The number of hydrogen-bond acceptors (Lipinski definition) is 2. The molecule has 96 valence electrons. The smallest absolute Gasteiger partial charge is 0.265 e. The fourth-order valence-electron chi connectivity index (χ4n) is 1.83. The van der Waals surface area contributed by atoms with Crippen molar-refractivity contribution in [3.63, 3.8) is 0 Å². The average molecular weight is 302 g/mol. The summed E-state index contributed by atoms with van der Waals surface area (Å²) in [6, 6.07) is 5.48. The number of fused-ring (bicyclic) bond motifs is 1. The Bertz CT molecular complexity index is 590. The van der Waals surface area contributed by atoms with E-state index in [0.29, 0.717) is 28.0 Å². The van der Waals surface area contributed by atoms with Gasteiger partial charge in [-0.1, -0.05) is 29.3 Å². The largest absolute Gasteiger partial charge is 0.338 e. The van der Waals surface area contributed by atoms with Crippen molar-refractivity contribution in [3.8, 4) is 0 Å². The molecule has 1 aromatic heterocycles. The van der Waals surface area contributed by atoms with Crippen LogP contribution in [-0.2, 0) is 0 Å². The molecule has 0 bridgehead atoms. The third kappa shape index (κ3) is 2.35. The highest BCUT2D eigenvalue weighted by atomic mass is 35.5. The molecule has 2 aromatic rings. The summed E-state index contributed by atoms with van der Waals surface area (Å²) in [4.78, 5) is 14.7. The molecule has 5 heteroatoms. The fourth-order valence-corrected chi connectivity index (χ4v) is 3.59. The van der Waals surface area contributed by atoms with Gasteiger partial charge in [0, 0.05) is 28.2 Å². The van der Waals surface area contributed by atoms with E-state index in [9.17, 15) is 4.79 Å². The van der Waals surface area contributed by atoms with Gasteiger partial charge in [-0.05, 0) is 26.0 Å². The van der Waals surface area contributed by atoms with Gasteiger partial charge in [0.1, 0.15) is 4.88 Å². The van der Waals surface area contributed by atoms with Crippen LogP contribution in [0, 0.1) is 0 Å². The monoisotopic (exact) mass is 301 g/mol. The number of thiophene rings is 1. The molecule has 0 fully saturated rings. The van der Waals surface area contributed by atoms with E-state index in [-0.39, 0.29) is 5.91 Å². The van der Waals surface area contributed by atoms with E-state index in [1.54, 1.807) is 11.0 Å². The van der Waals surface area contributed by atoms with E-state index in [2.05, 4.69) is 0 Å². The Kier molecular flexibility index (Phi) is 4.15. The highest BCUT2D eigenvalue weighted by Crippen LogP contribution is 2.37. The van der Waals surface area contributed by atoms with E-state index in [1.807, 2.05) is 26.0 Å². The van der Waals surface area contributed by atoms with Gasteiger partial charge in [-0.25, -0.2) is 0 Å². The first-order valence-electron chi connectivity index (χ1n) is 5.75. The number of nitrogens with zero attached hydrogens (tertiary/aromatic N) is 1. The number of hydrogen-bond donors (Lipinski definition) is 0. The molecule has 0 unspecified atom stereocenters. The predicted octanol–water partition coefficient (Wildman–Crippen LogP) is 4.69. The van der Waals surface area contributed by atoms with Gasteiger partial charge in [0.2, 0.25) is 0 Å². The summed E-state index contributed by atoms with van der Waals surface area (Å²) in [5, 5.41) is 2.08. The Morgan fingerprint density at radius 1 is 1.28 bits per heavy atom. The minimum Gasteiger partial charge on any atom is -0.338 e. The Morgan fingerprint density at radius 2 is 1.94 bits per heavy atom. The number of carbonyl (C=O) groups excluding carboxylic acids is 1. The van der Waals surface area contributed by atoms with Crippen molar-refractivity contribution in [1.82, 2.24) is 4.90 Å². The highest BCUT2D eigenvalue weighted by Gasteiger charge is 2.20. The van der Waals surface area contributed by atoms with E-state index in [1.165, 1.54) is 11.3 Å². The third-order valence-corrected chi connectivity index (χ3v) is 4.72. The van der Waals surface area contributed by atoms with Crippen LogP contribution < -0.4 is 0 Å². The van der Waals surface area contributed by atoms with Crippen LogP contribution in [0.1, 0.15) is 23.5 Å². The van der Waals surface area contributed by atoms with Crippen LogP contribution in [0.2, 0.25) is 10.0 Å². The van der Waals surface area contributed by atoms with Crippen LogP contribution in [0.3, 0.4) is 0 Å². The lowest BCUT2D eigenvalue weighted by atomic mass is 10.2. The van der Waals surface area contributed by atoms with Gasteiger partial charge in [-0.2, -0.15) is 0 Å². The second-order valence-electron chi connectivity index (χ2n) is 3.86. The molecular formula is C13H13Cl2NOS. The minimum absolute atomic E-state index is 0.0117. The van der Waals surface area contributed by atoms with Gasteiger partial charge in [0.15, 0.2) is 0 Å². The van der Waals surface area contributed by atoms with Crippen molar-refractivity contribution in [1.29, 1.82) is 0 Å². The van der Waals surface area contributed by atoms with Gasteiger partial charge in [0.25, 0.3) is 5.91 Å². The number of benzene rings is 1. The molecule has 0 radical (unpaired) electrons. The van der Waals surface area contributed by atoms with Crippen molar-refractivity contribution < 1.29 is 4.79 Å². The summed E-state index contributed by atoms with van der Waals surface area (Å²) in [6.45, 7) is 5.28. The zero-order valence-corrected chi connectivity index (χ0v) is 12.5. The first kappa shape index (κ1) is 13.7. The van der Waals surface area contributed by atoms with Crippen LogP contribution in [0.25, 0.3) is 10.1 Å². The zero-order chi connectivity index (χ0) is 13.3. The average Bonchev–Trinajstić information content (AvgIpc) is 2.67. The molecule has 0 aliphatic heterocycles. The maximum atomic E-state index is 12.3. The lowest BCUT2D eigenvalue weighted by Gasteiger charge is -2.17. The topological polar surface area (TPSA) is 20.3 Å². The van der Waals surface area contributed by atoms with E-state index < -0.39 is 0 Å². The summed E-state index contributed by atoms with van der Waals surface area (Å²) in [5.74, 6) is -0.0117. The number of rotatable bonds is 3. The Labute approximate surface area is 120 Å². The van der Waals surface area contributed by atoms with Gasteiger partial charge < -0.3 is 4.90 Å². The molecule has 0 aliphatic rings. The maximum absolute atomic E-state index is 12.3. The molecule has 18 heavy (non-hydrogen) atoms. The zero-order valence-electron chi connectivity index (χ0n) is 10.2.